The van der Waals surface area contributed by atoms with Gasteiger partial charge in [-0.25, -0.2) is 8.42 Å². The maximum absolute atomic E-state index is 13.3. The Kier molecular flexibility index (Phi) is 5.10. The van der Waals surface area contributed by atoms with Crippen LogP contribution in [-0.4, -0.2) is 54.7 Å². The number of hydrogen-bond donors (Lipinski definition) is 0. The van der Waals surface area contributed by atoms with Crippen LogP contribution in [0.15, 0.2) is 59.6 Å². The van der Waals surface area contributed by atoms with Gasteiger partial charge in [-0.1, -0.05) is 29.8 Å². The minimum Gasteiger partial charge on any atom is -0.336 e. The first-order valence-corrected chi connectivity index (χ1v) is 11.0. The maximum Gasteiger partial charge on any atom is 0.253 e. The highest BCUT2D eigenvalue weighted by Crippen LogP contribution is 2.25. The Labute approximate surface area is 170 Å². The highest BCUT2D eigenvalue weighted by Gasteiger charge is 2.31. The third-order valence-electron chi connectivity index (χ3n) is 5.22. The van der Waals surface area contributed by atoms with E-state index < -0.39 is 10.0 Å². The van der Waals surface area contributed by atoms with Gasteiger partial charge < -0.3 is 4.90 Å². The van der Waals surface area contributed by atoms with Crippen molar-refractivity contribution in [1.82, 2.24) is 14.2 Å². The topological polar surface area (TPSA) is 70.6 Å². The number of pyridine rings is 1. The zero-order valence-electron chi connectivity index (χ0n) is 16.5. The van der Waals surface area contributed by atoms with E-state index in [1.54, 1.807) is 29.3 Å². The molecule has 1 saturated heterocycles. The fraction of sp³-hybridized carbons (Fsp3) is 0.273. The predicted octanol–water partition coefficient (Wildman–Crippen LogP) is 3.00. The number of aromatic nitrogens is 1. The molecule has 1 aliphatic heterocycles. The molecule has 0 aliphatic carbocycles. The fourth-order valence-corrected chi connectivity index (χ4v) is 5.27. The smallest absolute Gasteiger partial charge is 0.253 e. The van der Waals surface area contributed by atoms with Crippen LogP contribution in [0.1, 0.15) is 21.5 Å². The summed E-state index contributed by atoms with van der Waals surface area (Å²) in [5.74, 6) is -0.0620. The van der Waals surface area contributed by atoms with Crippen molar-refractivity contribution in [1.29, 1.82) is 0 Å². The molecule has 7 heteroatoms. The van der Waals surface area contributed by atoms with Gasteiger partial charge in [-0.3, -0.25) is 9.78 Å². The molecule has 6 nitrogen and oxygen atoms in total. The molecule has 0 radical (unpaired) electrons. The van der Waals surface area contributed by atoms with Crippen LogP contribution >= 0.6 is 0 Å². The number of amides is 1. The monoisotopic (exact) mass is 409 g/mol. The van der Waals surface area contributed by atoms with Crippen LogP contribution < -0.4 is 0 Å². The van der Waals surface area contributed by atoms with Crippen LogP contribution in [0, 0.1) is 13.8 Å². The standard InChI is InChI=1S/C22H23N3O3S/c1-16-5-3-7-19(13-16)22(26)24-9-11-25(12-10-24)29(27,28)20-8-4-6-18-14-17(2)15-23-21(18)20/h3-8,13-15H,9-12H2,1-2H3. The Morgan fingerprint density at radius 3 is 2.38 bits per heavy atom. The van der Waals surface area contributed by atoms with Gasteiger partial charge in [-0.15, -0.1) is 0 Å². The number of aryl methyl sites for hydroxylation is 2. The first kappa shape index (κ1) is 19.5. The summed E-state index contributed by atoms with van der Waals surface area (Å²) in [4.78, 5) is 19.0. The van der Waals surface area contributed by atoms with E-state index in [0.717, 1.165) is 16.5 Å². The minimum atomic E-state index is -3.69. The van der Waals surface area contributed by atoms with Crippen LogP contribution in [0.5, 0.6) is 0 Å². The molecule has 2 aromatic carbocycles. The Hall–Kier alpha value is -2.77. The first-order chi connectivity index (χ1) is 13.9. The highest BCUT2D eigenvalue weighted by molar-refractivity contribution is 7.89. The molecule has 0 N–H and O–H groups in total. The number of fused-ring (bicyclic) bond motifs is 1. The lowest BCUT2D eigenvalue weighted by Gasteiger charge is -2.34. The summed E-state index contributed by atoms with van der Waals surface area (Å²) in [7, 11) is -3.69. The molecular formula is C22H23N3O3S. The van der Waals surface area contributed by atoms with E-state index in [-0.39, 0.29) is 23.9 Å². The Morgan fingerprint density at radius 1 is 0.931 bits per heavy atom. The molecular weight excluding hydrogens is 386 g/mol. The van der Waals surface area contributed by atoms with E-state index in [0.29, 0.717) is 24.2 Å². The van der Waals surface area contributed by atoms with Crippen molar-refractivity contribution >= 4 is 26.8 Å². The van der Waals surface area contributed by atoms with Gasteiger partial charge in [-0.2, -0.15) is 4.31 Å². The van der Waals surface area contributed by atoms with Crippen molar-refractivity contribution in [3.8, 4) is 0 Å². The zero-order chi connectivity index (χ0) is 20.6. The third kappa shape index (κ3) is 3.75. The van der Waals surface area contributed by atoms with Crippen molar-refractivity contribution in [2.45, 2.75) is 18.7 Å². The van der Waals surface area contributed by atoms with Crippen molar-refractivity contribution in [2.75, 3.05) is 26.2 Å². The molecule has 4 rings (SSSR count). The largest absolute Gasteiger partial charge is 0.336 e. The lowest BCUT2D eigenvalue weighted by molar-refractivity contribution is 0.0698. The number of para-hydroxylation sites is 1. The summed E-state index contributed by atoms with van der Waals surface area (Å²) < 4.78 is 28.0. The Morgan fingerprint density at radius 2 is 1.66 bits per heavy atom. The molecule has 150 valence electrons. The number of piperazine rings is 1. The van der Waals surface area contributed by atoms with Crippen molar-refractivity contribution < 1.29 is 13.2 Å². The molecule has 0 spiro atoms. The van der Waals surface area contributed by atoms with E-state index in [2.05, 4.69) is 4.98 Å². The molecule has 0 saturated carbocycles. The summed E-state index contributed by atoms with van der Waals surface area (Å²) in [5, 5.41) is 0.805. The van der Waals surface area contributed by atoms with Gasteiger partial charge in [0.1, 0.15) is 4.90 Å². The second-order valence-electron chi connectivity index (χ2n) is 7.41. The number of carbonyl (C=O) groups excluding carboxylic acids is 1. The van der Waals surface area contributed by atoms with E-state index in [4.69, 9.17) is 0 Å². The van der Waals surface area contributed by atoms with Gasteiger partial charge in [-0.05, 0) is 43.7 Å². The molecule has 3 aromatic rings. The summed E-state index contributed by atoms with van der Waals surface area (Å²) in [6.45, 7) is 5.13. The van der Waals surface area contributed by atoms with Gasteiger partial charge >= 0.3 is 0 Å². The van der Waals surface area contributed by atoms with Crippen molar-refractivity contribution in [2.24, 2.45) is 0 Å². The SMILES string of the molecule is Cc1cccc(C(=O)N2CCN(S(=O)(=O)c3cccc4cc(C)cnc34)CC2)c1. The molecule has 1 amide bonds. The summed E-state index contributed by atoms with van der Waals surface area (Å²) >= 11 is 0. The van der Waals surface area contributed by atoms with Crippen LogP contribution in [0.25, 0.3) is 10.9 Å². The number of sulfonamides is 1. The number of carbonyl (C=O) groups is 1. The lowest BCUT2D eigenvalue weighted by Crippen LogP contribution is -2.50. The van der Waals surface area contributed by atoms with Gasteiger partial charge in [0.05, 0.1) is 5.52 Å². The van der Waals surface area contributed by atoms with Gasteiger partial charge in [0.2, 0.25) is 10.0 Å². The van der Waals surface area contributed by atoms with E-state index in [1.165, 1.54) is 4.31 Å². The summed E-state index contributed by atoms with van der Waals surface area (Å²) in [6, 6.07) is 14.6. The highest BCUT2D eigenvalue weighted by atomic mass is 32.2. The van der Waals surface area contributed by atoms with E-state index in [1.807, 2.05) is 44.2 Å². The van der Waals surface area contributed by atoms with E-state index in [9.17, 15) is 13.2 Å². The average Bonchev–Trinajstić information content (AvgIpc) is 2.72. The Bertz CT molecular complexity index is 1180. The number of rotatable bonds is 3. The number of nitrogens with zero attached hydrogens (tertiary/aromatic N) is 3. The molecule has 0 atom stereocenters. The van der Waals surface area contributed by atoms with Crippen LogP contribution in [0.3, 0.4) is 0 Å². The minimum absolute atomic E-state index is 0.0620. The van der Waals surface area contributed by atoms with Gasteiger partial charge in [0.25, 0.3) is 5.91 Å². The Balaban J connectivity index is 1.55. The summed E-state index contributed by atoms with van der Waals surface area (Å²) in [5.41, 5.74) is 3.12. The van der Waals surface area contributed by atoms with Crippen molar-refractivity contribution in [3.05, 3.63) is 71.4 Å². The van der Waals surface area contributed by atoms with Crippen molar-refractivity contribution in [3.63, 3.8) is 0 Å². The molecule has 2 heterocycles. The summed E-state index contributed by atoms with van der Waals surface area (Å²) in [6.07, 6.45) is 1.68. The molecule has 1 aromatic heterocycles. The van der Waals surface area contributed by atoms with Crippen LogP contribution in [0.4, 0.5) is 0 Å². The molecule has 1 aliphatic rings. The fourth-order valence-electron chi connectivity index (χ4n) is 3.68. The normalized spacial score (nSPS) is 15.6. The second kappa shape index (κ2) is 7.57. The molecule has 0 unspecified atom stereocenters. The third-order valence-corrected chi connectivity index (χ3v) is 7.15. The molecule has 0 bridgehead atoms. The van der Waals surface area contributed by atoms with Crippen LogP contribution in [0.2, 0.25) is 0 Å². The van der Waals surface area contributed by atoms with Gasteiger partial charge in [0, 0.05) is 43.3 Å². The predicted molar refractivity (Wildman–Crippen MR) is 112 cm³/mol. The number of hydrogen-bond acceptors (Lipinski definition) is 4. The number of benzene rings is 2. The lowest BCUT2D eigenvalue weighted by atomic mass is 10.1. The van der Waals surface area contributed by atoms with Crippen LogP contribution in [-0.2, 0) is 10.0 Å². The average molecular weight is 410 g/mol. The quantitative estimate of drug-likeness (QED) is 0.667. The van der Waals surface area contributed by atoms with Gasteiger partial charge in [0.15, 0.2) is 0 Å². The zero-order valence-corrected chi connectivity index (χ0v) is 17.3. The molecule has 1 fully saturated rings. The maximum atomic E-state index is 13.3. The second-order valence-corrected chi connectivity index (χ2v) is 9.31. The first-order valence-electron chi connectivity index (χ1n) is 9.58. The van der Waals surface area contributed by atoms with E-state index >= 15 is 0 Å². The molecule has 29 heavy (non-hydrogen) atoms.